The Morgan fingerprint density at radius 2 is 1.86 bits per heavy atom. The molecule has 5 unspecified atom stereocenters. The molecule has 4 rings (SSSR count). The van der Waals surface area contributed by atoms with E-state index in [0.29, 0.717) is 22.8 Å². The van der Waals surface area contributed by atoms with Crippen LogP contribution in [0.25, 0.3) is 0 Å². The summed E-state index contributed by atoms with van der Waals surface area (Å²) in [5, 5.41) is 0. The van der Waals surface area contributed by atoms with Crippen LogP contribution in [0, 0.1) is 34.5 Å². The van der Waals surface area contributed by atoms with Crippen LogP contribution in [0.3, 0.4) is 0 Å². The number of fused-ring (bicyclic) bond motifs is 5. The van der Waals surface area contributed by atoms with Crippen molar-refractivity contribution in [2.75, 3.05) is 7.05 Å². The lowest BCUT2D eigenvalue weighted by atomic mass is 9.45. The lowest BCUT2D eigenvalue weighted by Crippen LogP contribution is -2.62. The predicted molar refractivity (Wildman–Crippen MR) is 89.3 cm³/mol. The van der Waals surface area contributed by atoms with Crippen molar-refractivity contribution in [3.05, 3.63) is 0 Å². The minimum Gasteiger partial charge on any atom is -0.342 e. The van der Waals surface area contributed by atoms with Gasteiger partial charge in [0, 0.05) is 19.5 Å². The van der Waals surface area contributed by atoms with Crippen LogP contribution in [-0.2, 0) is 4.79 Å². The molecule has 3 aliphatic carbocycles. The summed E-state index contributed by atoms with van der Waals surface area (Å²) in [7, 11) is 2.07. The molecule has 2 nitrogen and oxygen atoms in total. The number of amides is 1. The molecule has 3 saturated carbocycles. The first kappa shape index (κ1) is 15.0. The molecule has 2 heteroatoms. The maximum absolute atomic E-state index is 12.2. The molecule has 0 bridgehead atoms. The molecule has 124 valence electrons. The smallest absolute Gasteiger partial charge is 0.222 e. The van der Waals surface area contributed by atoms with Crippen LogP contribution < -0.4 is 0 Å². The standard InChI is InChI=1S/C20H33NO/c1-13-12-16-20(3,11-8-17(22)21(16)4)15-7-10-19(2)9-5-6-14(19)18(13)15/h13-16,18H,5-12H2,1-4H3/t13?,14?,15?,16?,18?,19-,20+/m0/s1. The van der Waals surface area contributed by atoms with Crippen molar-refractivity contribution in [1.29, 1.82) is 0 Å². The highest BCUT2D eigenvalue weighted by atomic mass is 16.2. The summed E-state index contributed by atoms with van der Waals surface area (Å²) in [5.41, 5.74) is 1.01. The van der Waals surface area contributed by atoms with Gasteiger partial charge in [-0.1, -0.05) is 27.2 Å². The summed E-state index contributed by atoms with van der Waals surface area (Å²) in [6, 6.07) is 0.496. The summed E-state index contributed by atoms with van der Waals surface area (Å²) < 4.78 is 0. The minimum atomic E-state index is 0.379. The summed E-state index contributed by atoms with van der Waals surface area (Å²) in [6.45, 7) is 7.61. The molecule has 0 aromatic carbocycles. The van der Waals surface area contributed by atoms with Crippen molar-refractivity contribution in [2.45, 2.75) is 78.2 Å². The molecule has 1 amide bonds. The van der Waals surface area contributed by atoms with Gasteiger partial charge in [0.1, 0.15) is 0 Å². The normalized spacial score (nSPS) is 54.6. The maximum Gasteiger partial charge on any atom is 0.222 e. The average molecular weight is 303 g/mol. The topological polar surface area (TPSA) is 20.3 Å². The Bertz CT molecular complexity index is 488. The fourth-order valence-electron chi connectivity index (χ4n) is 7.45. The molecule has 22 heavy (non-hydrogen) atoms. The van der Waals surface area contributed by atoms with Crippen molar-refractivity contribution in [3.63, 3.8) is 0 Å². The summed E-state index contributed by atoms with van der Waals surface area (Å²) >= 11 is 0. The van der Waals surface area contributed by atoms with E-state index in [0.717, 1.165) is 36.5 Å². The lowest BCUT2D eigenvalue weighted by molar-refractivity contribution is -0.164. The third-order valence-electron chi connectivity index (χ3n) is 8.71. The van der Waals surface area contributed by atoms with E-state index in [-0.39, 0.29) is 0 Å². The Balaban J connectivity index is 1.70. The molecule has 1 aliphatic heterocycles. The highest BCUT2D eigenvalue weighted by molar-refractivity contribution is 5.77. The third kappa shape index (κ3) is 1.82. The SMILES string of the molecule is CC1CC2N(C)C(=O)CC[C@]2(C)C2CC[C@]3(C)CCCC3C12. The van der Waals surface area contributed by atoms with Crippen LogP contribution in [0.15, 0.2) is 0 Å². The highest BCUT2D eigenvalue weighted by Gasteiger charge is 2.60. The zero-order valence-corrected chi connectivity index (χ0v) is 14.9. The predicted octanol–water partition coefficient (Wildman–Crippen LogP) is 4.49. The summed E-state index contributed by atoms with van der Waals surface area (Å²) in [4.78, 5) is 14.3. The van der Waals surface area contributed by atoms with Crippen LogP contribution in [0.2, 0.25) is 0 Å². The number of likely N-dealkylation sites (tertiary alicyclic amines) is 1. The van der Waals surface area contributed by atoms with Crippen molar-refractivity contribution in [1.82, 2.24) is 4.90 Å². The zero-order valence-electron chi connectivity index (χ0n) is 14.9. The molecule has 7 atom stereocenters. The van der Waals surface area contributed by atoms with Gasteiger partial charge in [0.15, 0.2) is 0 Å². The van der Waals surface area contributed by atoms with E-state index in [1.807, 2.05) is 0 Å². The number of carbonyl (C=O) groups is 1. The fraction of sp³-hybridized carbons (Fsp3) is 0.950. The van der Waals surface area contributed by atoms with Gasteiger partial charge in [0.05, 0.1) is 0 Å². The third-order valence-corrected chi connectivity index (χ3v) is 8.71. The van der Waals surface area contributed by atoms with Gasteiger partial charge in [0.2, 0.25) is 5.91 Å². The highest BCUT2D eigenvalue weighted by Crippen LogP contribution is 2.65. The van der Waals surface area contributed by atoms with Crippen LogP contribution in [0.5, 0.6) is 0 Å². The fourth-order valence-corrected chi connectivity index (χ4v) is 7.45. The molecule has 0 aromatic heterocycles. The quantitative estimate of drug-likeness (QED) is 0.646. The number of hydrogen-bond donors (Lipinski definition) is 0. The number of rotatable bonds is 0. The van der Waals surface area contributed by atoms with E-state index in [2.05, 4.69) is 32.7 Å². The van der Waals surface area contributed by atoms with Crippen molar-refractivity contribution in [3.8, 4) is 0 Å². The van der Waals surface area contributed by atoms with Crippen molar-refractivity contribution < 1.29 is 4.79 Å². The molecular weight excluding hydrogens is 270 g/mol. The second kappa shape index (κ2) is 4.74. The largest absolute Gasteiger partial charge is 0.342 e. The molecule has 1 saturated heterocycles. The van der Waals surface area contributed by atoms with Gasteiger partial charge in [-0.05, 0) is 73.0 Å². The summed E-state index contributed by atoms with van der Waals surface area (Å²) in [6.07, 6.45) is 10.4. The van der Waals surface area contributed by atoms with E-state index in [1.165, 1.54) is 38.5 Å². The number of hydrogen-bond acceptors (Lipinski definition) is 1. The van der Waals surface area contributed by atoms with Crippen LogP contribution >= 0.6 is 0 Å². The van der Waals surface area contributed by atoms with Gasteiger partial charge in [-0.15, -0.1) is 0 Å². The molecule has 0 radical (unpaired) electrons. The van der Waals surface area contributed by atoms with E-state index in [1.54, 1.807) is 0 Å². The van der Waals surface area contributed by atoms with Gasteiger partial charge in [-0.2, -0.15) is 0 Å². The lowest BCUT2D eigenvalue weighted by Gasteiger charge is -2.63. The van der Waals surface area contributed by atoms with Crippen LogP contribution in [0.1, 0.15) is 72.1 Å². The number of nitrogens with zero attached hydrogens (tertiary/aromatic N) is 1. The molecular formula is C20H33NO. The van der Waals surface area contributed by atoms with Crippen molar-refractivity contribution in [2.24, 2.45) is 34.5 Å². The number of piperidine rings is 1. The second-order valence-electron chi connectivity index (χ2n) is 9.61. The van der Waals surface area contributed by atoms with Gasteiger partial charge < -0.3 is 4.90 Å². The average Bonchev–Trinajstić information content (AvgIpc) is 2.87. The molecule has 4 aliphatic rings. The van der Waals surface area contributed by atoms with Gasteiger partial charge >= 0.3 is 0 Å². The maximum atomic E-state index is 12.2. The van der Waals surface area contributed by atoms with Crippen LogP contribution in [0.4, 0.5) is 0 Å². The Hall–Kier alpha value is -0.530. The first-order chi connectivity index (χ1) is 10.4. The second-order valence-corrected chi connectivity index (χ2v) is 9.61. The van der Waals surface area contributed by atoms with E-state index in [4.69, 9.17) is 0 Å². The van der Waals surface area contributed by atoms with Gasteiger partial charge in [0.25, 0.3) is 0 Å². The van der Waals surface area contributed by atoms with Crippen LogP contribution in [-0.4, -0.2) is 23.9 Å². The monoisotopic (exact) mass is 303 g/mol. The number of carbonyl (C=O) groups excluding carboxylic acids is 1. The Kier molecular flexibility index (Phi) is 3.24. The Morgan fingerprint density at radius 3 is 2.64 bits per heavy atom. The first-order valence-electron chi connectivity index (χ1n) is 9.62. The molecule has 0 aromatic rings. The molecule has 4 fully saturated rings. The Morgan fingerprint density at radius 1 is 1.09 bits per heavy atom. The Labute approximate surface area is 136 Å². The van der Waals surface area contributed by atoms with Gasteiger partial charge in [-0.25, -0.2) is 0 Å². The minimum absolute atomic E-state index is 0.379. The molecule has 0 spiro atoms. The van der Waals surface area contributed by atoms with Crippen molar-refractivity contribution >= 4 is 5.91 Å². The van der Waals surface area contributed by atoms with E-state index >= 15 is 0 Å². The summed E-state index contributed by atoms with van der Waals surface area (Å²) in [5.74, 6) is 3.91. The van der Waals surface area contributed by atoms with E-state index < -0.39 is 0 Å². The van der Waals surface area contributed by atoms with E-state index in [9.17, 15) is 4.79 Å². The zero-order chi connectivity index (χ0) is 15.7. The van der Waals surface area contributed by atoms with Gasteiger partial charge in [-0.3, -0.25) is 4.79 Å². The first-order valence-corrected chi connectivity index (χ1v) is 9.62. The molecule has 0 N–H and O–H groups in total. The molecule has 1 heterocycles.